The first-order valence-electron chi connectivity index (χ1n) is 15.6. The second-order valence-corrected chi connectivity index (χ2v) is 20.7. The van der Waals surface area contributed by atoms with E-state index in [9.17, 15) is 0 Å². The van der Waals surface area contributed by atoms with Crippen molar-refractivity contribution in [2.75, 3.05) is 0 Å². The van der Waals surface area contributed by atoms with Crippen molar-refractivity contribution >= 4 is 6.48 Å². The molecule has 2 aliphatic carbocycles. The summed E-state index contributed by atoms with van der Waals surface area (Å²) in [6.07, 6.45) is 11.5. The average molecular weight is 788 g/mol. The van der Waals surface area contributed by atoms with Gasteiger partial charge in [0.25, 0.3) is 0 Å². The maximum atomic E-state index is 2.67. The number of hydrogen-bond acceptors (Lipinski definition) is 0. The Morgan fingerprint density at radius 2 is 1.23 bits per heavy atom. The van der Waals surface area contributed by atoms with Crippen LogP contribution in [-0.4, -0.2) is 3.21 Å². The Hall–Kier alpha value is -1.93. The molecule has 44 heavy (non-hydrogen) atoms. The van der Waals surface area contributed by atoms with Gasteiger partial charge in [0, 0.05) is 0 Å². The van der Waals surface area contributed by atoms with Crippen molar-refractivity contribution in [3.63, 3.8) is 0 Å². The van der Waals surface area contributed by atoms with E-state index in [2.05, 4.69) is 151 Å². The summed E-state index contributed by atoms with van der Waals surface area (Å²) in [6, 6.07) is 34.9. The van der Waals surface area contributed by atoms with Crippen molar-refractivity contribution in [2.45, 2.75) is 78.1 Å². The molecular formula is C41H44Br2Zr. The van der Waals surface area contributed by atoms with Crippen molar-refractivity contribution < 1.29 is 55.2 Å². The summed E-state index contributed by atoms with van der Waals surface area (Å²) in [7, 11) is 0. The second kappa shape index (κ2) is 14.2. The summed E-state index contributed by atoms with van der Waals surface area (Å²) in [4.78, 5) is 0. The quantitative estimate of drug-likeness (QED) is 0.247. The molecule has 0 unspecified atom stereocenters. The molecule has 0 bridgehead atoms. The van der Waals surface area contributed by atoms with Gasteiger partial charge in [0.1, 0.15) is 0 Å². The Balaban J connectivity index is 0.00000221. The molecule has 0 saturated carbocycles. The van der Waals surface area contributed by atoms with Gasteiger partial charge in [-0.1, -0.05) is 0 Å². The fraction of sp³-hybridized carbons (Fsp3) is 0.293. The van der Waals surface area contributed by atoms with Crippen molar-refractivity contribution in [1.29, 1.82) is 0 Å². The Morgan fingerprint density at radius 3 is 1.75 bits per heavy atom. The van der Waals surface area contributed by atoms with Crippen LogP contribution < -0.4 is 37.2 Å². The first-order valence-corrected chi connectivity index (χ1v) is 19.2. The number of hydrogen-bond donors (Lipinski definition) is 0. The summed E-state index contributed by atoms with van der Waals surface area (Å²) < 4.78 is 5.22. The minimum Gasteiger partial charge on any atom is -1.00 e. The third-order valence-corrected chi connectivity index (χ3v) is 16.5. The number of fused-ring (bicyclic) bond motifs is 3. The van der Waals surface area contributed by atoms with Gasteiger partial charge in [0.05, 0.1) is 0 Å². The van der Waals surface area contributed by atoms with Crippen LogP contribution in [0.25, 0.3) is 11.1 Å². The van der Waals surface area contributed by atoms with Crippen LogP contribution in [-0.2, 0) is 51.4 Å². The topological polar surface area (TPSA) is 0 Å². The van der Waals surface area contributed by atoms with Gasteiger partial charge in [-0.25, -0.2) is 0 Å². The van der Waals surface area contributed by atoms with E-state index in [0.717, 1.165) is 25.7 Å². The van der Waals surface area contributed by atoms with Crippen LogP contribution in [0.2, 0.25) is 0 Å². The first kappa shape index (κ1) is 34.9. The van der Waals surface area contributed by atoms with Crippen molar-refractivity contribution in [1.82, 2.24) is 0 Å². The van der Waals surface area contributed by atoms with Crippen LogP contribution in [0.1, 0.15) is 81.3 Å². The molecule has 226 valence electrons. The predicted molar refractivity (Wildman–Crippen MR) is 179 cm³/mol. The van der Waals surface area contributed by atoms with E-state index in [1.807, 2.05) is 0 Å². The Bertz CT molecular complexity index is 1670. The van der Waals surface area contributed by atoms with Gasteiger partial charge >= 0.3 is 263 Å². The second-order valence-electron chi connectivity index (χ2n) is 14.2. The van der Waals surface area contributed by atoms with Crippen LogP contribution >= 0.6 is 0 Å². The molecular weight excluding hydrogens is 743 g/mol. The van der Waals surface area contributed by atoms with Crippen LogP contribution in [0, 0.1) is 0 Å². The molecule has 0 amide bonds. The molecule has 2 aliphatic rings. The zero-order valence-electron chi connectivity index (χ0n) is 27.0. The Labute approximate surface area is 294 Å². The Kier molecular flexibility index (Phi) is 11.3. The van der Waals surface area contributed by atoms with Gasteiger partial charge in [-0.2, -0.15) is 0 Å². The monoisotopic (exact) mass is 784 g/mol. The van der Waals surface area contributed by atoms with E-state index in [4.69, 9.17) is 0 Å². The van der Waals surface area contributed by atoms with Gasteiger partial charge in [-0.05, 0) is 0 Å². The van der Waals surface area contributed by atoms with E-state index < -0.39 is 21.3 Å². The molecule has 0 fully saturated rings. The fourth-order valence-electron chi connectivity index (χ4n) is 6.54. The molecule has 0 nitrogen and oxygen atoms in total. The maximum Gasteiger partial charge on any atom is -1.00 e. The largest absolute Gasteiger partial charge is 1.00 e. The van der Waals surface area contributed by atoms with Gasteiger partial charge < -0.3 is 34.0 Å². The van der Waals surface area contributed by atoms with Crippen LogP contribution in [0.5, 0.6) is 0 Å². The third kappa shape index (κ3) is 7.54. The van der Waals surface area contributed by atoms with Crippen molar-refractivity contribution in [2.24, 2.45) is 0 Å². The van der Waals surface area contributed by atoms with Gasteiger partial charge in [-0.15, -0.1) is 0 Å². The molecule has 0 saturated heterocycles. The summed E-state index contributed by atoms with van der Waals surface area (Å²) in [5.41, 5.74) is 12.1. The number of allylic oxidation sites excluding steroid dienone is 4. The van der Waals surface area contributed by atoms with E-state index in [1.165, 1.54) is 38.9 Å². The van der Waals surface area contributed by atoms with Crippen LogP contribution in [0.4, 0.5) is 0 Å². The SMILES string of the molecule is CC(C)(C)c1ccc2c(c1)-c1cc(C(C)(C)C)c[c]([Zr+2]([C]3=CC=CC3)=[C](Cc3ccccc3)Cc3ccccc3)c1C2.[Br-].[Br-]. The average Bonchev–Trinajstić information content (AvgIpc) is 3.61. The van der Waals surface area contributed by atoms with E-state index >= 15 is 0 Å². The van der Waals surface area contributed by atoms with E-state index in [-0.39, 0.29) is 44.8 Å². The molecule has 0 aliphatic heterocycles. The molecule has 6 rings (SSSR count). The molecule has 4 aromatic carbocycles. The summed E-state index contributed by atoms with van der Waals surface area (Å²) in [5, 5.41) is 0. The van der Waals surface area contributed by atoms with Crippen molar-refractivity contribution in [3.8, 4) is 11.1 Å². The molecule has 0 spiro atoms. The minimum atomic E-state index is -2.53. The molecule has 0 heterocycles. The Morgan fingerprint density at radius 1 is 0.659 bits per heavy atom. The number of benzene rings is 4. The summed E-state index contributed by atoms with van der Waals surface area (Å²) in [6.45, 7) is 14.2. The summed E-state index contributed by atoms with van der Waals surface area (Å²) >= 11 is -2.53. The van der Waals surface area contributed by atoms with Gasteiger partial charge in [-0.3, -0.25) is 0 Å². The molecule has 0 aromatic heterocycles. The zero-order chi connectivity index (χ0) is 29.5. The van der Waals surface area contributed by atoms with Crippen LogP contribution in [0.3, 0.4) is 0 Å². The smallest absolute Gasteiger partial charge is 1.00 e. The zero-order valence-corrected chi connectivity index (χ0v) is 32.6. The fourth-order valence-corrected chi connectivity index (χ4v) is 14.8. The number of rotatable bonds is 6. The molecule has 0 radical (unpaired) electrons. The number of halogens is 2. The van der Waals surface area contributed by atoms with E-state index in [0.29, 0.717) is 0 Å². The third-order valence-electron chi connectivity index (χ3n) is 8.99. The molecule has 3 heteroatoms. The van der Waals surface area contributed by atoms with Crippen LogP contribution in [0.15, 0.2) is 113 Å². The standard InChI is InChI=1S/C21H25.C15H14.C5H5.2BrH.Zr/c1-20(2,3)16-9-7-14-11-15-8-10-17(21(4,5)6)13-19(15)18(14)12-16;1-3-8-14(9-4-1)12-7-13-15-10-5-2-6-11-15;1-2-4-5-3-1;;;/h7,9-10,12-13H,11H2,1-6H3;1-6,8-11H,12-13H2;1-3H,4H2;2*1H;/q;;;;;+2/p-2. The summed E-state index contributed by atoms with van der Waals surface area (Å²) in [5.74, 6) is 0. The predicted octanol–water partition coefficient (Wildman–Crippen LogP) is 3.61. The van der Waals surface area contributed by atoms with Gasteiger partial charge in [0.2, 0.25) is 0 Å². The first-order chi connectivity index (χ1) is 20.1. The maximum absolute atomic E-state index is 2.67. The van der Waals surface area contributed by atoms with Gasteiger partial charge in [0.15, 0.2) is 0 Å². The normalized spacial score (nSPS) is 13.2. The van der Waals surface area contributed by atoms with E-state index in [1.54, 1.807) is 15.3 Å². The molecule has 0 N–H and O–H groups in total. The minimum absolute atomic E-state index is 0. The molecule has 0 atom stereocenters. The van der Waals surface area contributed by atoms with Crippen molar-refractivity contribution in [3.05, 3.63) is 146 Å². The molecule has 4 aromatic rings.